The van der Waals surface area contributed by atoms with E-state index in [-0.39, 0.29) is 11.9 Å². The summed E-state index contributed by atoms with van der Waals surface area (Å²) < 4.78 is 0. The van der Waals surface area contributed by atoms with Crippen LogP contribution in [0.1, 0.15) is 43.7 Å². The lowest BCUT2D eigenvalue weighted by atomic mass is 9.84. The molecular formula is C16H19ClN4O. The summed E-state index contributed by atoms with van der Waals surface area (Å²) in [4.78, 5) is 16.4. The van der Waals surface area contributed by atoms with E-state index < -0.39 is 6.04 Å². The summed E-state index contributed by atoms with van der Waals surface area (Å²) in [7, 11) is 0. The summed E-state index contributed by atoms with van der Waals surface area (Å²) in [5, 5.41) is 15.9. The van der Waals surface area contributed by atoms with Crippen molar-refractivity contribution in [2.75, 3.05) is 6.54 Å². The van der Waals surface area contributed by atoms with Gasteiger partial charge in [0.25, 0.3) is 0 Å². The van der Waals surface area contributed by atoms with E-state index in [0.29, 0.717) is 16.0 Å². The minimum atomic E-state index is -0.722. The van der Waals surface area contributed by atoms with Crippen LogP contribution in [0.2, 0.25) is 5.02 Å². The molecule has 1 spiro atoms. The normalized spacial score (nSPS) is 24.1. The second-order valence-electron chi connectivity index (χ2n) is 6.35. The summed E-state index contributed by atoms with van der Waals surface area (Å²) in [5.74, 6) is -0.115. The van der Waals surface area contributed by atoms with Gasteiger partial charge in [-0.3, -0.25) is 9.78 Å². The molecule has 2 unspecified atom stereocenters. The first kappa shape index (κ1) is 15.3. The molecule has 6 heteroatoms. The number of carbonyl (C=O) groups excluding carboxylic acids is 1. The minimum Gasteiger partial charge on any atom is -0.335 e. The molecule has 1 saturated carbocycles. The zero-order valence-electron chi connectivity index (χ0n) is 12.3. The SMILES string of the molecule is N#CC(NC(=O)C1CC2(CCCC2)CN1)c1cncc(Cl)c1. The zero-order chi connectivity index (χ0) is 15.6. The molecule has 0 aromatic carbocycles. The molecule has 1 aromatic heterocycles. The van der Waals surface area contributed by atoms with E-state index in [4.69, 9.17) is 11.6 Å². The van der Waals surface area contributed by atoms with Crippen LogP contribution in [0, 0.1) is 16.7 Å². The van der Waals surface area contributed by atoms with Gasteiger partial charge in [-0.25, -0.2) is 0 Å². The fourth-order valence-corrected chi connectivity index (χ4v) is 3.81. The van der Waals surface area contributed by atoms with Gasteiger partial charge in [-0.15, -0.1) is 0 Å². The fraction of sp³-hybridized carbons (Fsp3) is 0.562. The molecule has 3 rings (SSSR count). The molecule has 5 nitrogen and oxygen atoms in total. The van der Waals surface area contributed by atoms with Crippen molar-refractivity contribution in [2.24, 2.45) is 5.41 Å². The number of carbonyl (C=O) groups is 1. The van der Waals surface area contributed by atoms with Gasteiger partial charge in [-0.05, 0) is 30.7 Å². The Bertz CT molecular complexity index is 606. The highest BCUT2D eigenvalue weighted by Crippen LogP contribution is 2.44. The van der Waals surface area contributed by atoms with Gasteiger partial charge >= 0.3 is 0 Å². The highest BCUT2D eigenvalue weighted by Gasteiger charge is 2.43. The van der Waals surface area contributed by atoms with E-state index in [2.05, 4.69) is 21.7 Å². The van der Waals surface area contributed by atoms with Crippen molar-refractivity contribution < 1.29 is 4.79 Å². The topological polar surface area (TPSA) is 77.8 Å². The number of rotatable bonds is 3. The van der Waals surface area contributed by atoms with Crippen LogP contribution in [0.3, 0.4) is 0 Å². The molecule has 0 radical (unpaired) electrons. The standard InChI is InChI=1S/C16H19ClN4O/c17-12-5-11(8-19-9-12)14(7-18)21-15(22)13-6-16(10-20-13)3-1-2-4-16/h5,8-9,13-14,20H,1-4,6,10H2,(H,21,22). The van der Waals surface area contributed by atoms with Crippen molar-refractivity contribution in [1.82, 2.24) is 15.6 Å². The smallest absolute Gasteiger partial charge is 0.238 e. The van der Waals surface area contributed by atoms with Crippen molar-refractivity contribution in [2.45, 2.75) is 44.2 Å². The molecule has 1 aliphatic heterocycles. The number of halogens is 1. The molecule has 116 valence electrons. The zero-order valence-corrected chi connectivity index (χ0v) is 13.1. The summed E-state index contributed by atoms with van der Waals surface area (Å²) in [5.41, 5.74) is 0.902. The van der Waals surface area contributed by atoms with E-state index in [0.717, 1.165) is 13.0 Å². The number of amides is 1. The summed E-state index contributed by atoms with van der Waals surface area (Å²) in [6, 6.07) is 2.83. The van der Waals surface area contributed by atoms with E-state index in [9.17, 15) is 10.1 Å². The molecule has 1 aliphatic carbocycles. The van der Waals surface area contributed by atoms with E-state index in [1.54, 1.807) is 12.3 Å². The second kappa shape index (κ2) is 6.23. The van der Waals surface area contributed by atoms with Crippen LogP contribution in [0.15, 0.2) is 18.5 Å². The van der Waals surface area contributed by atoms with Gasteiger partial charge < -0.3 is 10.6 Å². The van der Waals surface area contributed by atoms with Gasteiger partial charge in [0.15, 0.2) is 0 Å². The minimum absolute atomic E-state index is 0.115. The maximum atomic E-state index is 12.4. The first-order valence-electron chi connectivity index (χ1n) is 7.66. The van der Waals surface area contributed by atoms with E-state index in [1.807, 2.05) is 0 Å². The lowest BCUT2D eigenvalue weighted by Crippen LogP contribution is -2.41. The van der Waals surface area contributed by atoms with Crippen LogP contribution >= 0.6 is 11.6 Å². The highest BCUT2D eigenvalue weighted by atomic mass is 35.5. The molecule has 1 aromatic rings. The first-order valence-corrected chi connectivity index (χ1v) is 8.04. The van der Waals surface area contributed by atoms with Crippen LogP contribution in [0.25, 0.3) is 0 Å². The predicted molar refractivity (Wildman–Crippen MR) is 83.1 cm³/mol. The molecule has 2 heterocycles. The Hall–Kier alpha value is -1.64. The van der Waals surface area contributed by atoms with Crippen LogP contribution < -0.4 is 10.6 Å². The maximum Gasteiger partial charge on any atom is 0.238 e. The quantitative estimate of drug-likeness (QED) is 0.896. The fourth-order valence-electron chi connectivity index (χ4n) is 3.63. The third-order valence-corrected chi connectivity index (χ3v) is 5.02. The average molecular weight is 319 g/mol. The Kier molecular flexibility index (Phi) is 4.32. The average Bonchev–Trinajstić information content (AvgIpc) is 3.15. The molecule has 0 bridgehead atoms. The maximum absolute atomic E-state index is 12.4. The van der Waals surface area contributed by atoms with Crippen LogP contribution in [0.5, 0.6) is 0 Å². The molecule has 1 saturated heterocycles. The molecule has 2 N–H and O–H groups in total. The Morgan fingerprint density at radius 3 is 2.95 bits per heavy atom. The Morgan fingerprint density at radius 1 is 1.50 bits per heavy atom. The Balaban J connectivity index is 1.64. The van der Waals surface area contributed by atoms with Gasteiger partial charge in [-0.2, -0.15) is 5.26 Å². The molecule has 1 amide bonds. The van der Waals surface area contributed by atoms with Gasteiger partial charge in [-0.1, -0.05) is 24.4 Å². The number of aromatic nitrogens is 1. The van der Waals surface area contributed by atoms with E-state index in [1.165, 1.54) is 31.9 Å². The van der Waals surface area contributed by atoms with Crippen molar-refractivity contribution in [1.29, 1.82) is 5.26 Å². The summed E-state index contributed by atoms with van der Waals surface area (Å²) in [6.07, 6.45) is 8.83. The monoisotopic (exact) mass is 318 g/mol. The number of nitriles is 1. The number of hydrogen-bond acceptors (Lipinski definition) is 4. The first-order chi connectivity index (χ1) is 10.6. The number of hydrogen-bond donors (Lipinski definition) is 2. The van der Waals surface area contributed by atoms with Gasteiger partial charge in [0.1, 0.15) is 6.04 Å². The van der Waals surface area contributed by atoms with Gasteiger partial charge in [0.05, 0.1) is 17.1 Å². The van der Waals surface area contributed by atoms with Crippen LogP contribution in [0.4, 0.5) is 0 Å². The van der Waals surface area contributed by atoms with Crippen LogP contribution in [-0.2, 0) is 4.79 Å². The third kappa shape index (κ3) is 3.08. The Labute approximate surface area is 135 Å². The van der Waals surface area contributed by atoms with Gasteiger partial charge in [0.2, 0.25) is 5.91 Å². The molecule has 22 heavy (non-hydrogen) atoms. The molecule has 2 atom stereocenters. The van der Waals surface area contributed by atoms with Crippen molar-refractivity contribution >= 4 is 17.5 Å². The number of nitrogens with zero attached hydrogens (tertiary/aromatic N) is 2. The number of pyridine rings is 1. The number of nitrogens with one attached hydrogen (secondary N) is 2. The second-order valence-corrected chi connectivity index (χ2v) is 6.79. The highest BCUT2D eigenvalue weighted by molar-refractivity contribution is 6.30. The van der Waals surface area contributed by atoms with Gasteiger partial charge in [0, 0.05) is 24.5 Å². The summed E-state index contributed by atoms with van der Waals surface area (Å²) in [6.45, 7) is 0.904. The van der Waals surface area contributed by atoms with Crippen molar-refractivity contribution in [3.63, 3.8) is 0 Å². The summed E-state index contributed by atoms with van der Waals surface area (Å²) >= 11 is 5.89. The molecular weight excluding hydrogens is 300 g/mol. The predicted octanol–water partition coefficient (Wildman–Crippen LogP) is 2.34. The largest absolute Gasteiger partial charge is 0.335 e. The lowest BCUT2D eigenvalue weighted by molar-refractivity contribution is -0.123. The molecule has 2 fully saturated rings. The van der Waals surface area contributed by atoms with Crippen molar-refractivity contribution in [3.05, 3.63) is 29.0 Å². The van der Waals surface area contributed by atoms with E-state index >= 15 is 0 Å². The van der Waals surface area contributed by atoms with Crippen molar-refractivity contribution in [3.8, 4) is 6.07 Å². The Morgan fingerprint density at radius 2 is 2.27 bits per heavy atom. The lowest BCUT2D eigenvalue weighted by Gasteiger charge is -2.21. The van der Waals surface area contributed by atoms with Crippen LogP contribution in [-0.4, -0.2) is 23.5 Å². The third-order valence-electron chi connectivity index (χ3n) is 4.82. The molecule has 2 aliphatic rings.